The monoisotopic (exact) mass is 472 g/mol. The Bertz CT molecular complexity index is 1540. The lowest BCUT2D eigenvalue weighted by molar-refractivity contribution is -0.131. The Hall–Kier alpha value is -4.77. The molecule has 0 unspecified atom stereocenters. The van der Waals surface area contributed by atoms with Crippen LogP contribution in [0.3, 0.4) is 0 Å². The van der Waals surface area contributed by atoms with Gasteiger partial charge in [0.2, 0.25) is 0 Å². The zero-order chi connectivity index (χ0) is 24.9. The minimum Gasteiger partial charge on any atom is -0.427 e. The predicted octanol–water partition coefficient (Wildman–Crippen LogP) is 6.67. The maximum Gasteiger partial charge on any atom is 0.308 e. The largest absolute Gasteiger partial charge is 0.427 e. The summed E-state index contributed by atoms with van der Waals surface area (Å²) < 4.78 is 5.10. The summed E-state index contributed by atoms with van der Waals surface area (Å²) in [4.78, 5) is 29.2. The van der Waals surface area contributed by atoms with Gasteiger partial charge in [0.05, 0.1) is 5.52 Å². The Labute approximate surface area is 209 Å². The van der Waals surface area contributed by atoms with E-state index in [-0.39, 0.29) is 11.8 Å². The first-order valence-corrected chi connectivity index (χ1v) is 11.7. The average molecular weight is 473 g/mol. The number of hydrogen-bond donors (Lipinski definition) is 1. The molecule has 0 fully saturated rings. The molecule has 5 heteroatoms. The molecule has 4 aromatic carbocycles. The lowest BCUT2D eigenvalue weighted by Gasteiger charge is -2.14. The second-order valence-electron chi connectivity index (χ2n) is 8.43. The molecule has 0 atom stereocenters. The maximum absolute atomic E-state index is 13.5. The van der Waals surface area contributed by atoms with Crippen LogP contribution in [0.4, 0.5) is 5.69 Å². The molecular formula is C31H24N2O3. The van der Waals surface area contributed by atoms with Gasteiger partial charge in [-0.1, -0.05) is 72.8 Å². The highest BCUT2D eigenvalue weighted by Crippen LogP contribution is 2.34. The summed E-state index contributed by atoms with van der Waals surface area (Å²) in [6.45, 7) is 1.98. The zero-order valence-electron chi connectivity index (χ0n) is 19.8. The van der Waals surface area contributed by atoms with E-state index in [9.17, 15) is 9.59 Å². The van der Waals surface area contributed by atoms with Crippen molar-refractivity contribution in [2.75, 3.05) is 5.32 Å². The number of carbonyl (C=O) groups excluding carboxylic acids is 2. The molecule has 1 heterocycles. The summed E-state index contributed by atoms with van der Waals surface area (Å²) in [6.07, 6.45) is 1.68. The van der Waals surface area contributed by atoms with Crippen LogP contribution in [-0.4, -0.2) is 16.7 Å². The quantitative estimate of drug-likeness (QED) is 0.163. The highest BCUT2D eigenvalue weighted by Gasteiger charge is 2.18. The van der Waals surface area contributed by atoms with Crippen molar-refractivity contribution < 1.29 is 14.3 Å². The number of esters is 1. The first-order chi connectivity index (χ1) is 17.6. The van der Waals surface area contributed by atoms with Gasteiger partial charge in [-0.3, -0.25) is 14.6 Å². The number of pyridine rings is 1. The predicted molar refractivity (Wildman–Crippen MR) is 142 cm³/mol. The Morgan fingerprint density at radius 2 is 1.58 bits per heavy atom. The minimum atomic E-state index is -0.341. The first-order valence-electron chi connectivity index (χ1n) is 11.7. The van der Waals surface area contributed by atoms with Gasteiger partial charge in [-0.15, -0.1) is 0 Å². The van der Waals surface area contributed by atoms with Gasteiger partial charge in [-0.05, 0) is 41.5 Å². The van der Waals surface area contributed by atoms with Crippen LogP contribution in [-0.2, 0) is 11.3 Å². The van der Waals surface area contributed by atoms with Gasteiger partial charge >= 0.3 is 5.97 Å². The number of aromatic nitrogens is 1. The molecule has 0 saturated heterocycles. The van der Waals surface area contributed by atoms with Gasteiger partial charge in [0.25, 0.3) is 0 Å². The van der Waals surface area contributed by atoms with Gasteiger partial charge in [-0.2, -0.15) is 0 Å². The van der Waals surface area contributed by atoms with Crippen LogP contribution in [0.25, 0.3) is 22.0 Å². The summed E-state index contributed by atoms with van der Waals surface area (Å²) in [5, 5.41) is 4.38. The fourth-order valence-corrected chi connectivity index (χ4v) is 4.20. The van der Waals surface area contributed by atoms with E-state index in [0.717, 1.165) is 33.3 Å². The van der Waals surface area contributed by atoms with Gasteiger partial charge in [-0.25, -0.2) is 0 Å². The molecule has 5 rings (SSSR count). The SMILES string of the molecule is CC(=O)Oc1ccc(CNc2cccc(-c3c(C(=O)c4ccccc4)cnc4ccccc34)c2)cc1. The Balaban J connectivity index is 1.48. The number of nitrogens with one attached hydrogen (secondary N) is 1. The van der Waals surface area contributed by atoms with Crippen molar-refractivity contribution in [1.82, 2.24) is 4.98 Å². The van der Waals surface area contributed by atoms with Crippen molar-refractivity contribution in [2.24, 2.45) is 0 Å². The van der Waals surface area contributed by atoms with Crippen LogP contribution in [0, 0.1) is 0 Å². The molecule has 36 heavy (non-hydrogen) atoms. The van der Waals surface area contributed by atoms with E-state index in [1.807, 2.05) is 84.9 Å². The third-order valence-corrected chi connectivity index (χ3v) is 5.89. The number of benzene rings is 4. The van der Waals surface area contributed by atoms with Crippen molar-refractivity contribution >= 4 is 28.3 Å². The number of para-hydroxylation sites is 1. The molecule has 0 bridgehead atoms. The number of anilines is 1. The molecule has 0 amide bonds. The standard InChI is InChI=1S/C31H24N2O3/c1-21(34)36-26-16-14-22(15-17-26)19-32-25-11-7-10-24(18-25)30-27-12-5-6-13-29(27)33-20-28(30)31(35)23-8-3-2-4-9-23/h2-18,20,32H,19H2,1H3. The summed E-state index contributed by atoms with van der Waals surface area (Å²) >= 11 is 0. The third kappa shape index (κ3) is 5.00. The van der Waals surface area contributed by atoms with E-state index in [1.165, 1.54) is 6.92 Å². The molecule has 0 spiro atoms. The second-order valence-corrected chi connectivity index (χ2v) is 8.43. The summed E-state index contributed by atoms with van der Waals surface area (Å²) in [5.41, 5.74) is 5.80. The van der Waals surface area contributed by atoms with Crippen molar-refractivity contribution in [3.63, 3.8) is 0 Å². The van der Waals surface area contributed by atoms with E-state index >= 15 is 0 Å². The lowest BCUT2D eigenvalue weighted by atomic mass is 9.92. The van der Waals surface area contributed by atoms with Gasteiger partial charge in [0.15, 0.2) is 5.78 Å². The van der Waals surface area contributed by atoms with E-state index in [1.54, 1.807) is 18.3 Å². The Morgan fingerprint density at radius 1 is 0.833 bits per heavy atom. The number of hydrogen-bond acceptors (Lipinski definition) is 5. The fourth-order valence-electron chi connectivity index (χ4n) is 4.20. The molecule has 0 saturated carbocycles. The molecule has 1 aromatic heterocycles. The molecule has 0 radical (unpaired) electrons. The number of nitrogens with zero attached hydrogens (tertiary/aromatic N) is 1. The molecule has 0 aliphatic heterocycles. The van der Waals surface area contributed by atoms with E-state index < -0.39 is 0 Å². The first kappa shape index (κ1) is 23.0. The lowest BCUT2D eigenvalue weighted by Crippen LogP contribution is -2.05. The van der Waals surface area contributed by atoms with Crippen molar-refractivity contribution in [3.8, 4) is 16.9 Å². The van der Waals surface area contributed by atoms with Crippen molar-refractivity contribution in [2.45, 2.75) is 13.5 Å². The van der Waals surface area contributed by atoms with Crippen LogP contribution in [0.2, 0.25) is 0 Å². The van der Waals surface area contributed by atoms with Crippen LogP contribution in [0.5, 0.6) is 5.75 Å². The van der Waals surface area contributed by atoms with E-state index in [2.05, 4.69) is 16.4 Å². The molecule has 176 valence electrons. The zero-order valence-corrected chi connectivity index (χ0v) is 19.8. The second kappa shape index (κ2) is 10.2. The van der Waals surface area contributed by atoms with Crippen LogP contribution >= 0.6 is 0 Å². The number of ether oxygens (including phenoxy) is 1. The third-order valence-electron chi connectivity index (χ3n) is 5.89. The van der Waals surface area contributed by atoms with E-state index in [0.29, 0.717) is 23.4 Å². The topological polar surface area (TPSA) is 68.3 Å². The number of rotatable bonds is 7. The molecule has 5 aromatic rings. The van der Waals surface area contributed by atoms with E-state index in [4.69, 9.17) is 4.74 Å². The minimum absolute atomic E-state index is 0.0601. The highest BCUT2D eigenvalue weighted by molar-refractivity contribution is 6.16. The normalized spacial score (nSPS) is 10.7. The Kier molecular flexibility index (Phi) is 6.54. The summed E-state index contributed by atoms with van der Waals surface area (Å²) in [6, 6.07) is 32.6. The average Bonchev–Trinajstić information content (AvgIpc) is 2.92. The summed E-state index contributed by atoms with van der Waals surface area (Å²) in [7, 11) is 0. The molecule has 1 N–H and O–H groups in total. The fraction of sp³-hybridized carbons (Fsp3) is 0.0645. The maximum atomic E-state index is 13.5. The molecular weight excluding hydrogens is 448 g/mol. The van der Waals surface area contributed by atoms with Gasteiger partial charge < -0.3 is 10.1 Å². The van der Waals surface area contributed by atoms with Gasteiger partial charge in [0, 0.05) is 47.4 Å². The van der Waals surface area contributed by atoms with Crippen LogP contribution < -0.4 is 10.1 Å². The van der Waals surface area contributed by atoms with Crippen LogP contribution in [0.15, 0.2) is 109 Å². The molecule has 5 nitrogen and oxygen atoms in total. The highest BCUT2D eigenvalue weighted by atomic mass is 16.5. The Morgan fingerprint density at radius 3 is 2.36 bits per heavy atom. The molecule has 0 aliphatic rings. The number of fused-ring (bicyclic) bond motifs is 1. The van der Waals surface area contributed by atoms with Crippen molar-refractivity contribution in [1.29, 1.82) is 0 Å². The molecule has 0 aliphatic carbocycles. The number of carbonyl (C=O) groups is 2. The number of ketones is 1. The summed E-state index contributed by atoms with van der Waals surface area (Å²) in [5.74, 6) is 0.120. The smallest absolute Gasteiger partial charge is 0.308 e. The van der Waals surface area contributed by atoms with Gasteiger partial charge in [0.1, 0.15) is 5.75 Å². The van der Waals surface area contributed by atoms with Crippen molar-refractivity contribution in [3.05, 3.63) is 126 Å². The van der Waals surface area contributed by atoms with Crippen LogP contribution in [0.1, 0.15) is 28.4 Å².